The molecule has 0 N–H and O–H groups in total. The average Bonchev–Trinajstić information content (AvgIpc) is 3.12. The Morgan fingerprint density at radius 3 is 3.00 bits per heavy atom. The van der Waals surface area contributed by atoms with E-state index in [1.54, 1.807) is 14.3 Å². The number of aryl methyl sites for hydroxylation is 1. The average molecular weight is 297 g/mol. The van der Waals surface area contributed by atoms with E-state index in [4.69, 9.17) is 0 Å². The van der Waals surface area contributed by atoms with Gasteiger partial charge in [0.25, 0.3) is 0 Å². The number of benzene rings is 1. The molecule has 0 atom stereocenters. The maximum absolute atomic E-state index is 12.5. The smallest absolute Gasteiger partial charge is 0.244 e. The number of nitrogens with zero attached hydrogens (tertiary/aromatic N) is 7. The van der Waals surface area contributed by atoms with Crippen molar-refractivity contribution >= 4 is 16.9 Å². The van der Waals surface area contributed by atoms with Crippen molar-refractivity contribution in [1.29, 1.82) is 0 Å². The van der Waals surface area contributed by atoms with Crippen molar-refractivity contribution in [2.24, 2.45) is 7.05 Å². The third-order valence-electron chi connectivity index (χ3n) is 4.04. The van der Waals surface area contributed by atoms with Crippen LogP contribution in [0.25, 0.3) is 11.0 Å². The summed E-state index contributed by atoms with van der Waals surface area (Å²) in [6, 6.07) is 7.62. The van der Waals surface area contributed by atoms with Gasteiger partial charge in [-0.25, -0.2) is 4.68 Å². The maximum Gasteiger partial charge on any atom is 0.244 e. The second kappa shape index (κ2) is 4.90. The first-order chi connectivity index (χ1) is 10.7. The van der Waals surface area contributed by atoms with E-state index in [-0.39, 0.29) is 12.5 Å². The molecule has 1 amide bonds. The van der Waals surface area contributed by atoms with Gasteiger partial charge in [0.15, 0.2) is 0 Å². The number of aromatic nitrogens is 6. The SMILES string of the molecule is Cn1nnc2c1CCN(C(=O)Cn1nnc3ccccc31)C2. The van der Waals surface area contributed by atoms with E-state index < -0.39 is 0 Å². The monoisotopic (exact) mass is 297 g/mol. The van der Waals surface area contributed by atoms with Gasteiger partial charge in [-0.15, -0.1) is 10.2 Å². The van der Waals surface area contributed by atoms with Gasteiger partial charge in [-0.1, -0.05) is 22.6 Å². The summed E-state index contributed by atoms with van der Waals surface area (Å²) >= 11 is 0. The summed E-state index contributed by atoms with van der Waals surface area (Å²) in [5.74, 6) is 0.0203. The number of fused-ring (bicyclic) bond motifs is 2. The zero-order valence-corrected chi connectivity index (χ0v) is 12.2. The topological polar surface area (TPSA) is 81.7 Å². The first-order valence-corrected chi connectivity index (χ1v) is 7.16. The zero-order chi connectivity index (χ0) is 15.1. The minimum absolute atomic E-state index is 0.0203. The summed E-state index contributed by atoms with van der Waals surface area (Å²) in [4.78, 5) is 14.3. The fourth-order valence-corrected chi connectivity index (χ4v) is 2.82. The van der Waals surface area contributed by atoms with Crippen LogP contribution in [0.1, 0.15) is 11.4 Å². The highest BCUT2D eigenvalue weighted by Gasteiger charge is 2.25. The first kappa shape index (κ1) is 12.9. The van der Waals surface area contributed by atoms with Crippen LogP contribution in [-0.2, 0) is 31.4 Å². The second-order valence-electron chi connectivity index (χ2n) is 5.41. The Balaban J connectivity index is 1.53. The Kier molecular flexibility index (Phi) is 2.88. The highest BCUT2D eigenvalue weighted by molar-refractivity contribution is 5.80. The van der Waals surface area contributed by atoms with Gasteiger partial charge in [0.2, 0.25) is 5.91 Å². The molecule has 1 aliphatic heterocycles. The van der Waals surface area contributed by atoms with Crippen LogP contribution in [0.3, 0.4) is 0 Å². The summed E-state index contributed by atoms with van der Waals surface area (Å²) < 4.78 is 3.42. The molecule has 0 unspecified atom stereocenters. The van der Waals surface area contributed by atoms with E-state index in [0.717, 1.165) is 28.8 Å². The zero-order valence-electron chi connectivity index (χ0n) is 12.2. The lowest BCUT2D eigenvalue weighted by atomic mass is 10.1. The molecule has 2 aromatic heterocycles. The predicted octanol–water partition coefficient (Wildman–Crippen LogP) is 0.145. The molecule has 4 rings (SSSR count). The van der Waals surface area contributed by atoms with Crippen molar-refractivity contribution in [3.63, 3.8) is 0 Å². The lowest BCUT2D eigenvalue weighted by Gasteiger charge is -2.26. The summed E-state index contributed by atoms with van der Waals surface area (Å²) in [6.07, 6.45) is 0.780. The van der Waals surface area contributed by atoms with Gasteiger partial charge in [-0.2, -0.15) is 0 Å². The minimum Gasteiger partial charge on any atom is -0.335 e. The van der Waals surface area contributed by atoms with Gasteiger partial charge >= 0.3 is 0 Å². The highest BCUT2D eigenvalue weighted by Crippen LogP contribution is 2.16. The van der Waals surface area contributed by atoms with Crippen molar-refractivity contribution < 1.29 is 4.79 Å². The minimum atomic E-state index is 0.0203. The largest absolute Gasteiger partial charge is 0.335 e. The molecular formula is C14H15N7O. The number of hydrogen-bond acceptors (Lipinski definition) is 5. The van der Waals surface area contributed by atoms with Crippen LogP contribution in [0.15, 0.2) is 24.3 Å². The molecule has 0 radical (unpaired) electrons. The number of rotatable bonds is 2. The van der Waals surface area contributed by atoms with Crippen LogP contribution < -0.4 is 0 Å². The van der Waals surface area contributed by atoms with Gasteiger partial charge in [-0.05, 0) is 12.1 Å². The van der Waals surface area contributed by atoms with Crippen LogP contribution >= 0.6 is 0 Å². The normalized spacial score (nSPS) is 14.3. The summed E-state index contributed by atoms with van der Waals surface area (Å²) in [5, 5.41) is 16.3. The predicted molar refractivity (Wildman–Crippen MR) is 77.7 cm³/mol. The number of carbonyl (C=O) groups excluding carboxylic acids is 1. The van der Waals surface area contributed by atoms with Crippen LogP contribution in [-0.4, -0.2) is 47.3 Å². The van der Waals surface area contributed by atoms with Crippen LogP contribution in [0.4, 0.5) is 0 Å². The van der Waals surface area contributed by atoms with E-state index in [0.29, 0.717) is 13.1 Å². The number of hydrogen-bond donors (Lipinski definition) is 0. The van der Waals surface area contributed by atoms with E-state index in [1.807, 2.05) is 31.3 Å². The third kappa shape index (κ3) is 2.03. The molecule has 22 heavy (non-hydrogen) atoms. The summed E-state index contributed by atoms with van der Waals surface area (Å²) in [5.41, 5.74) is 3.65. The molecule has 112 valence electrons. The van der Waals surface area contributed by atoms with Crippen LogP contribution in [0.5, 0.6) is 0 Å². The number of amides is 1. The summed E-state index contributed by atoms with van der Waals surface area (Å²) in [6.45, 7) is 1.38. The van der Waals surface area contributed by atoms with Crippen molar-refractivity contribution in [2.75, 3.05) is 6.54 Å². The molecular weight excluding hydrogens is 282 g/mol. The molecule has 0 spiro atoms. The summed E-state index contributed by atoms with van der Waals surface area (Å²) in [7, 11) is 1.88. The van der Waals surface area contributed by atoms with Crippen molar-refractivity contribution in [2.45, 2.75) is 19.5 Å². The van der Waals surface area contributed by atoms with Gasteiger partial charge in [0.1, 0.15) is 17.8 Å². The molecule has 0 bridgehead atoms. The maximum atomic E-state index is 12.5. The Hall–Kier alpha value is -2.77. The Morgan fingerprint density at radius 1 is 1.23 bits per heavy atom. The van der Waals surface area contributed by atoms with E-state index in [2.05, 4.69) is 20.6 Å². The lowest BCUT2D eigenvalue weighted by Crippen LogP contribution is -2.38. The number of para-hydroxylation sites is 1. The van der Waals surface area contributed by atoms with Gasteiger partial charge < -0.3 is 4.90 Å². The van der Waals surface area contributed by atoms with Crippen molar-refractivity contribution in [3.05, 3.63) is 35.7 Å². The second-order valence-corrected chi connectivity index (χ2v) is 5.41. The molecule has 0 saturated carbocycles. The Labute approximate surface area is 126 Å². The van der Waals surface area contributed by atoms with Gasteiger partial charge in [-0.3, -0.25) is 9.48 Å². The number of carbonyl (C=O) groups is 1. The molecule has 1 aliphatic rings. The molecule has 3 aromatic rings. The van der Waals surface area contributed by atoms with E-state index in [9.17, 15) is 4.79 Å². The Bertz CT molecular complexity index is 850. The molecule has 8 heteroatoms. The van der Waals surface area contributed by atoms with E-state index >= 15 is 0 Å². The molecule has 0 aliphatic carbocycles. The molecule has 1 aromatic carbocycles. The van der Waals surface area contributed by atoms with E-state index in [1.165, 1.54) is 0 Å². The standard InChI is InChI=1S/C14H15N7O/c1-19-12-6-7-20(8-11(12)16-17-19)14(22)9-21-13-5-3-2-4-10(13)15-18-21/h2-5H,6-9H2,1H3. The quantitative estimate of drug-likeness (QED) is 0.672. The lowest BCUT2D eigenvalue weighted by molar-refractivity contribution is -0.133. The first-order valence-electron chi connectivity index (χ1n) is 7.16. The molecule has 0 saturated heterocycles. The van der Waals surface area contributed by atoms with Crippen molar-refractivity contribution in [3.8, 4) is 0 Å². The third-order valence-corrected chi connectivity index (χ3v) is 4.04. The Morgan fingerprint density at radius 2 is 2.09 bits per heavy atom. The molecule has 8 nitrogen and oxygen atoms in total. The highest BCUT2D eigenvalue weighted by atomic mass is 16.2. The molecule has 0 fully saturated rings. The fourth-order valence-electron chi connectivity index (χ4n) is 2.82. The van der Waals surface area contributed by atoms with Gasteiger partial charge in [0.05, 0.1) is 17.8 Å². The van der Waals surface area contributed by atoms with Crippen molar-refractivity contribution in [1.82, 2.24) is 34.9 Å². The van der Waals surface area contributed by atoms with Crippen LogP contribution in [0.2, 0.25) is 0 Å². The van der Waals surface area contributed by atoms with Crippen LogP contribution in [0, 0.1) is 0 Å². The molecule has 3 heterocycles. The van der Waals surface area contributed by atoms with Gasteiger partial charge in [0, 0.05) is 20.0 Å². The fraction of sp³-hybridized carbons (Fsp3) is 0.357.